The molecule has 0 aliphatic carbocycles. The maximum Gasteiger partial charge on any atom is 0.122 e. The molecule has 0 aliphatic rings. The number of benzene rings is 4. The monoisotopic (exact) mass is 460 g/mol. The molecule has 3 nitrogen and oxygen atoms in total. The second-order valence-electron chi connectivity index (χ2n) is 9.19. The number of imidazole rings is 1. The molecular weight excluding hydrogens is 428 g/mol. The van der Waals surface area contributed by atoms with Crippen LogP contribution in [-0.2, 0) is 6.54 Å². The first-order valence-corrected chi connectivity index (χ1v) is 12.5. The molecular formula is C32H32N2O. The van der Waals surface area contributed by atoms with E-state index in [1.165, 1.54) is 27.8 Å². The van der Waals surface area contributed by atoms with Crippen molar-refractivity contribution < 1.29 is 4.74 Å². The Kier molecular flexibility index (Phi) is 6.94. The largest absolute Gasteiger partial charge is 0.493 e. The molecule has 4 aromatic carbocycles. The molecule has 0 bridgehead atoms. The minimum absolute atomic E-state index is 0.0796. The highest BCUT2D eigenvalue weighted by atomic mass is 16.5. The fraction of sp³-hybridized carbons (Fsp3) is 0.219. The molecule has 0 N–H and O–H groups in total. The van der Waals surface area contributed by atoms with Crippen molar-refractivity contribution in [3.63, 3.8) is 0 Å². The number of aromatic nitrogens is 2. The van der Waals surface area contributed by atoms with Crippen LogP contribution in [0.4, 0.5) is 0 Å². The van der Waals surface area contributed by atoms with Crippen LogP contribution in [0.5, 0.6) is 5.75 Å². The van der Waals surface area contributed by atoms with Gasteiger partial charge in [0.25, 0.3) is 0 Å². The first-order chi connectivity index (χ1) is 17.2. The first-order valence-electron chi connectivity index (χ1n) is 12.5. The molecule has 5 rings (SSSR count). The molecule has 0 atom stereocenters. The highest BCUT2D eigenvalue weighted by molar-refractivity contribution is 5.76. The van der Waals surface area contributed by atoms with Crippen molar-refractivity contribution in [2.75, 3.05) is 6.61 Å². The number of hydrogen-bond donors (Lipinski definition) is 0. The van der Waals surface area contributed by atoms with Crippen LogP contribution in [0.25, 0.3) is 11.0 Å². The summed E-state index contributed by atoms with van der Waals surface area (Å²) in [5.74, 6) is 2.17. The van der Waals surface area contributed by atoms with Crippen LogP contribution >= 0.6 is 0 Å². The second kappa shape index (κ2) is 10.6. The van der Waals surface area contributed by atoms with Gasteiger partial charge in [-0.3, -0.25) is 0 Å². The van der Waals surface area contributed by atoms with Crippen molar-refractivity contribution in [1.82, 2.24) is 9.55 Å². The number of hydrogen-bond acceptors (Lipinski definition) is 2. The number of nitrogens with zero attached hydrogens (tertiary/aromatic N) is 2. The van der Waals surface area contributed by atoms with Crippen LogP contribution in [0.2, 0.25) is 0 Å². The number of unbranched alkanes of at least 4 members (excludes halogenated alkanes) is 1. The standard InChI is InChI=1S/C32H32N2O/c1-24-19-20-25(2)30(23-24)35-22-12-11-21-34-29-18-10-9-17-28(29)33-32(34)31(26-13-5-3-6-14-26)27-15-7-4-8-16-27/h3-10,13-20,23,31H,11-12,21-22H2,1-2H3. The molecule has 0 aliphatic heterocycles. The number of ether oxygens (including phenoxy) is 1. The molecule has 176 valence electrons. The smallest absolute Gasteiger partial charge is 0.122 e. The summed E-state index contributed by atoms with van der Waals surface area (Å²) in [5.41, 5.74) is 7.17. The predicted molar refractivity (Wildman–Crippen MR) is 144 cm³/mol. The molecule has 0 unspecified atom stereocenters. The third-order valence-corrected chi connectivity index (χ3v) is 6.59. The molecule has 1 aromatic heterocycles. The van der Waals surface area contributed by atoms with Gasteiger partial charge in [-0.25, -0.2) is 4.98 Å². The SMILES string of the molecule is Cc1ccc(C)c(OCCCCn2c(C(c3ccccc3)c3ccccc3)nc3ccccc32)c1. The van der Waals surface area contributed by atoms with Crippen molar-refractivity contribution in [3.05, 3.63) is 131 Å². The highest BCUT2D eigenvalue weighted by Gasteiger charge is 2.23. The fourth-order valence-corrected chi connectivity index (χ4v) is 4.75. The van der Waals surface area contributed by atoms with Gasteiger partial charge in [-0.15, -0.1) is 0 Å². The van der Waals surface area contributed by atoms with Crippen LogP contribution in [0.3, 0.4) is 0 Å². The third-order valence-electron chi connectivity index (χ3n) is 6.59. The molecule has 0 amide bonds. The summed E-state index contributed by atoms with van der Waals surface area (Å²) in [6.07, 6.45) is 2.01. The molecule has 0 saturated heterocycles. The lowest BCUT2D eigenvalue weighted by molar-refractivity contribution is 0.301. The minimum Gasteiger partial charge on any atom is -0.493 e. The van der Waals surface area contributed by atoms with Crippen LogP contribution in [-0.4, -0.2) is 16.2 Å². The van der Waals surface area contributed by atoms with E-state index in [-0.39, 0.29) is 5.92 Å². The Balaban J connectivity index is 1.41. The molecule has 5 aromatic rings. The van der Waals surface area contributed by atoms with Gasteiger partial charge < -0.3 is 9.30 Å². The fourth-order valence-electron chi connectivity index (χ4n) is 4.75. The van der Waals surface area contributed by atoms with Crippen LogP contribution in [0.15, 0.2) is 103 Å². The summed E-state index contributed by atoms with van der Waals surface area (Å²) in [5, 5.41) is 0. The molecule has 1 heterocycles. The van der Waals surface area contributed by atoms with Crippen molar-refractivity contribution in [3.8, 4) is 5.75 Å². The molecule has 35 heavy (non-hydrogen) atoms. The summed E-state index contributed by atoms with van der Waals surface area (Å²) in [4.78, 5) is 5.17. The Bertz CT molecular complexity index is 1350. The Hall–Kier alpha value is -3.85. The summed E-state index contributed by atoms with van der Waals surface area (Å²) in [6, 6.07) is 36.3. The average molecular weight is 461 g/mol. The van der Waals surface area contributed by atoms with Gasteiger partial charge in [0, 0.05) is 6.54 Å². The van der Waals surface area contributed by atoms with Crippen molar-refractivity contribution >= 4 is 11.0 Å². The Labute approximate surface area is 208 Å². The van der Waals surface area contributed by atoms with Crippen molar-refractivity contribution in [2.24, 2.45) is 0 Å². The number of rotatable bonds is 9. The van der Waals surface area contributed by atoms with Gasteiger partial charge >= 0.3 is 0 Å². The number of fused-ring (bicyclic) bond motifs is 1. The number of aryl methyl sites for hydroxylation is 3. The topological polar surface area (TPSA) is 27.1 Å². The second-order valence-corrected chi connectivity index (χ2v) is 9.19. The molecule has 0 spiro atoms. The predicted octanol–water partition coefficient (Wildman–Crippen LogP) is 7.69. The normalized spacial score (nSPS) is 11.3. The van der Waals surface area contributed by atoms with Gasteiger partial charge in [-0.2, -0.15) is 0 Å². The van der Waals surface area contributed by atoms with E-state index in [4.69, 9.17) is 9.72 Å². The van der Waals surface area contributed by atoms with E-state index >= 15 is 0 Å². The average Bonchev–Trinajstić information content (AvgIpc) is 3.25. The van der Waals surface area contributed by atoms with Gasteiger partial charge in [0.05, 0.1) is 23.6 Å². The minimum atomic E-state index is 0.0796. The van der Waals surface area contributed by atoms with E-state index in [9.17, 15) is 0 Å². The zero-order valence-corrected chi connectivity index (χ0v) is 20.5. The van der Waals surface area contributed by atoms with Gasteiger partial charge in [0.15, 0.2) is 0 Å². The third kappa shape index (κ3) is 5.14. The summed E-state index contributed by atoms with van der Waals surface area (Å²) >= 11 is 0. The van der Waals surface area contributed by atoms with E-state index in [1.54, 1.807) is 0 Å². The van der Waals surface area contributed by atoms with E-state index in [2.05, 4.69) is 122 Å². The molecule has 0 radical (unpaired) electrons. The Morgan fingerprint density at radius 2 is 1.40 bits per heavy atom. The van der Waals surface area contributed by atoms with E-state index in [0.29, 0.717) is 6.61 Å². The lowest BCUT2D eigenvalue weighted by atomic mass is 9.90. The highest BCUT2D eigenvalue weighted by Crippen LogP contribution is 2.33. The summed E-state index contributed by atoms with van der Waals surface area (Å²) in [6.45, 7) is 5.83. The van der Waals surface area contributed by atoms with Crippen LogP contribution in [0.1, 0.15) is 46.8 Å². The first kappa shape index (κ1) is 22.9. The van der Waals surface area contributed by atoms with Crippen molar-refractivity contribution in [2.45, 2.75) is 39.2 Å². The molecule has 0 saturated carbocycles. The summed E-state index contributed by atoms with van der Waals surface area (Å²) in [7, 11) is 0. The number of para-hydroxylation sites is 2. The van der Waals surface area contributed by atoms with Gasteiger partial charge in [-0.05, 0) is 67.1 Å². The van der Waals surface area contributed by atoms with E-state index in [0.717, 1.165) is 36.5 Å². The van der Waals surface area contributed by atoms with Crippen LogP contribution in [0, 0.1) is 13.8 Å². The maximum absolute atomic E-state index is 6.12. The van der Waals surface area contributed by atoms with Gasteiger partial charge in [0.2, 0.25) is 0 Å². The zero-order chi connectivity index (χ0) is 24.0. The van der Waals surface area contributed by atoms with Crippen LogP contribution < -0.4 is 4.74 Å². The zero-order valence-electron chi connectivity index (χ0n) is 20.5. The Morgan fingerprint density at radius 3 is 2.11 bits per heavy atom. The maximum atomic E-state index is 6.12. The van der Waals surface area contributed by atoms with E-state index in [1.807, 2.05) is 0 Å². The lowest BCUT2D eigenvalue weighted by Crippen LogP contribution is -2.13. The van der Waals surface area contributed by atoms with Gasteiger partial charge in [-0.1, -0.05) is 84.9 Å². The Morgan fingerprint density at radius 1 is 0.743 bits per heavy atom. The summed E-state index contributed by atoms with van der Waals surface area (Å²) < 4.78 is 8.53. The quantitative estimate of drug-likeness (QED) is 0.211. The van der Waals surface area contributed by atoms with E-state index < -0.39 is 0 Å². The molecule has 3 heteroatoms. The molecule has 0 fully saturated rings. The van der Waals surface area contributed by atoms with Crippen molar-refractivity contribution in [1.29, 1.82) is 0 Å². The van der Waals surface area contributed by atoms with Gasteiger partial charge in [0.1, 0.15) is 11.6 Å². The lowest BCUT2D eigenvalue weighted by Gasteiger charge is -2.20.